The number of halogens is 1. The Kier molecular flexibility index (Phi) is 5.57. The average Bonchev–Trinajstić information content (AvgIpc) is 3.51. The standard InChI is InChI=1S/C24H23ClN4OS2/c25-20-9-5-4-8-18(20)14-30-19-12-10-17(11-13-19)23-28-21(15-31-23)32-24-27-26-22(29(24)28)16-6-2-1-3-7-16/h4-5,8-13,15-16,23H,1-3,6-7,14H2. The van der Waals surface area contributed by atoms with Crippen LogP contribution in [0.25, 0.3) is 0 Å². The van der Waals surface area contributed by atoms with Crippen molar-refractivity contribution in [3.05, 3.63) is 80.9 Å². The zero-order valence-electron chi connectivity index (χ0n) is 17.5. The Morgan fingerprint density at radius 1 is 1.00 bits per heavy atom. The van der Waals surface area contributed by atoms with Crippen LogP contribution >= 0.6 is 35.1 Å². The predicted molar refractivity (Wildman–Crippen MR) is 131 cm³/mol. The highest BCUT2D eigenvalue weighted by Crippen LogP contribution is 2.52. The molecule has 1 aromatic heterocycles. The second-order valence-electron chi connectivity index (χ2n) is 8.33. The summed E-state index contributed by atoms with van der Waals surface area (Å²) in [6, 6.07) is 16.2. The molecule has 5 nitrogen and oxygen atoms in total. The molecule has 1 unspecified atom stereocenters. The number of fused-ring (bicyclic) bond motifs is 3. The summed E-state index contributed by atoms with van der Waals surface area (Å²) in [7, 11) is 0. The maximum Gasteiger partial charge on any atom is 0.216 e. The Bertz CT molecular complexity index is 1160. The van der Waals surface area contributed by atoms with Gasteiger partial charge < -0.3 is 4.74 Å². The molecule has 2 aliphatic heterocycles. The van der Waals surface area contributed by atoms with Gasteiger partial charge in [0.2, 0.25) is 5.16 Å². The van der Waals surface area contributed by atoms with E-state index < -0.39 is 0 Å². The molecule has 2 aromatic carbocycles. The van der Waals surface area contributed by atoms with Gasteiger partial charge in [0.1, 0.15) is 22.8 Å². The van der Waals surface area contributed by atoms with E-state index in [2.05, 4.69) is 37.4 Å². The fourth-order valence-corrected chi connectivity index (χ4v) is 7.03. The summed E-state index contributed by atoms with van der Waals surface area (Å²) >= 11 is 9.80. The van der Waals surface area contributed by atoms with Crippen LogP contribution in [0, 0.1) is 0 Å². The van der Waals surface area contributed by atoms with Crippen molar-refractivity contribution >= 4 is 35.1 Å². The summed E-state index contributed by atoms with van der Waals surface area (Å²) in [5.41, 5.74) is 2.23. The van der Waals surface area contributed by atoms with Gasteiger partial charge in [-0.25, -0.2) is 4.68 Å². The van der Waals surface area contributed by atoms with Crippen LogP contribution in [0.5, 0.6) is 5.75 Å². The fourth-order valence-electron chi connectivity index (χ4n) is 4.60. The van der Waals surface area contributed by atoms with E-state index >= 15 is 0 Å². The SMILES string of the molecule is Clc1ccccc1COc1ccc(C2SC=C3Sc4nnc(C5CCCCC5)n4N32)cc1. The zero-order valence-corrected chi connectivity index (χ0v) is 19.9. The minimum Gasteiger partial charge on any atom is -0.489 e. The van der Waals surface area contributed by atoms with Crippen LogP contribution in [-0.4, -0.2) is 14.9 Å². The molecule has 164 valence electrons. The lowest BCUT2D eigenvalue weighted by Crippen LogP contribution is -2.31. The van der Waals surface area contributed by atoms with E-state index in [1.54, 1.807) is 11.8 Å². The zero-order chi connectivity index (χ0) is 21.5. The van der Waals surface area contributed by atoms with Gasteiger partial charge in [-0.3, -0.25) is 5.01 Å². The predicted octanol–water partition coefficient (Wildman–Crippen LogP) is 6.85. The Morgan fingerprint density at radius 2 is 1.81 bits per heavy atom. The van der Waals surface area contributed by atoms with E-state index in [9.17, 15) is 0 Å². The number of benzene rings is 2. The third kappa shape index (κ3) is 3.70. The molecule has 1 saturated carbocycles. The summed E-state index contributed by atoms with van der Waals surface area (Å²) in [4.78, 5) is 0. The van der Waals surface area contributed by atoms with Crippen molar-refractivity contribution in [2.45, 2.75) is 55.2 Å². The van der Waals surface area contributed by atoms with Crippen LogP contribution in [0.1, 0.15) is 60.3 Å². The molecular weight excluding hydrogens is 460 g/mol. The largest absolute Gasteiger partial charge is 0.489 e. The molecule has 3 heterocycles. The molecule has 0 N–H and O–H groups in total. The number of hydrogen-bond donors (Lipinski definition) is 0. The Morgan fingerprint density at radius 3 is 2.62 bits per heavy atom. The van der Waals surface area contributed by atoms with Gasteiger partial charge in [0.15, 0.2) is 5.82 Å². The first-order chi connectivity index (χ1) is 15.8. The molecular formula is C24H23ClN4OS2. The smallest absolute Gasteiger partial charge is 0.216 e. The molecule has 32 heavy (non-hydrogen) atoms. The second kappa shape index (κ2) is 8.69. The molecule has 6 rings (SSSR count). The van der Waals surface area contributed by atoms with Gasteiger partial charge in [-0.2, -0.15) is 0 Å². The number of ether oxygens (including phenoxy) is 1. The van der Waals surface area contributed by atoms with E-state index in [1.165, 1.54) is 42.7 Å². The van der Waals surface area contributed by atoms with Crippen molar-refractivity contribution in [3.63, 3.8) is 0 Å². The van der Waals surface area contributed by atoms with Crippen molar-refractivity contribution in [2.75, 3.05) is 5.01 Å². The maximum atomic E-state index is 6.25. The third-order valence-corrected chi connectivity index (χ3v) is 8.84. The molecule has 0 saturated heterocycles. The number of nitrogens with zero attached hydrogens (tertiary/aromatic N) is 4. The van der Waals surface area contributed by atoms with Crippen LogP contribution in [0.15, 0.2) is 64.1 Å². The van der Waals surface area contributed by atoms with E-state index in [0.29, 0.717) is 12.5 Å². The summed E-state index contributed by atoms with van der Waals surface area (Å²) < 4.78 is 8.25. The second-order valence-corrected chi connectivity index (χ2v) is 10.7. The molecule has 1 aliphatic carbocycles. The number of hydrogen-bond acceptors (Lipinski definition) is 6. The van der Waals surface area contributed by atoms with Gasteiger partial charge in [0, 0.05) is 21.9 Å². The molecule has 1 atom stereocenters. The lowest BCUT2D eigenvalue weighted by atomic mass is 9.89. The minimum absolute atomic E-state index is 0.176. The number of rotatable bonds is 5. The van der Waals surface area contributed by atoms with E-state index in [4.69, 9.17) is 16.3 Å². The van der Waals surface area contributed by atoms with Gasteiger partial charge in [-0.15, -0.1) is 10.2 Å². The number of thioether (sulfide) groups is 2. The highest BCUT2D eigenvalue weighted by Gasteiger charge is 2.41. The first-order valence-electron chi connectivity index (χ1n) is 11.0. The summed E-state index contributed by atoms with van der Waals surface area (Å²) in [6.45, 7) is 0.459. The van der Waals surface area contributed by atoms with Crippen molar-refractivity contribution in [2.24, 2.45) is 0 Å². The summed E-state index contributed by atoms with van der Waals surface area (Å²) in [5, 5.41) is 16.9. The first-order valence-corrected chi connectivity index (χ1v) is 13.2. The van der Waals surface area contributed by atoms with Crippen molar-refractivity contribution in [3.8, 4) is 5.75 Å². The Hall–Kier alpha value is -2.09. The van der Waals surface area contributed by atoms with Gasteiger partial charge in [0.05, 0.1) is 0 Å². The third-order valence-electron chi connectivity index (χ3n) is 6.28. The molecule has 1 fully saturated rings. The van der Waals surface area contributed by atoms with Crippen LogP contribution in [-0.2, 0) is 6.61 Å². The normalized spacial score (nSPS) is 20.2. The number of aromatic nitrogens is 3. The van der Waals surface area contributed by atoms with E-state index in [0.717, 1.165) is 27.3 Å². The quantitative estimate of drug-likeness (QED) is 0.396. The van der Waals surface area contributed by atoms with Crippen LogP contribution in [0.4, 0.5) is 0 Å². The minimum atomic E-state index is 0.176. The van der Waals surface area contributed by atoms with Gasteiger partial charge >= 0.3 is 0 Å². The molecule has 8 heteroatoms. The van der Waals surface area contributed by atoms with Crippen LogP contribution in [0.2, 0.25) is 5.02 Å². The van der Waals surface area contributed by atoms with Crippen molar-refractivity contribution in [1.29, 1.82) is 0 Å². The van der Waals surface area contributed by atoms with Gasteiger partial charge in [-0.1, -0.05) is 73.0 Å². The molecule has 0 radical (unpaired) electrons. The summed E-state index contributed by atoms with van der Waals surface area (Å²) in [5.74, 6) is 2.48. The first kappa shape index (κ1) is 20.5. The van der Waals surface area contributed by atoms with Crippen LogP contribution < -0.4 is 9.75 Å². The lowest BCUT2D eigenvalue weighted by Gasteiger charge is -2.29. The van der Waals surface area contributed by atoms with E-state index in [1.807, 2.05) is 48.2 Å². The Balaban J connectivity index is 1.21. The van der Waals surface area contributed by atoms with E-state index in [-0.39, 0.29) is 5.37 Å². The molecule has 0 bridgehead atoms. The molecule has 3 aromatic rings. The molecule has 0 spiro atoms. The van der Waals surface area contributed by atoms with Crippen molar-refractivity contribution < 1.29 is 4.74 Å². The highest BCUT2D eigenvalue weighted by molar-refractivity contribution is 8.07. The summed E-state index contributed by atoms with van der Waals surface area (Å²) in [6.07, 6.45) is 6.34. The van der Waals surface area contributed by atoms with Crippen molar-refractivity contribution in [1.82, 2.24) is 14.9 Å². The monoisotopic (exact) mass is 482 g/mol. The topological polar surface area (TPSA) is 43.2 Å². The van der Waals surface area contributed by atoms with Gasteiger partial charge in [0.25, 0.3) is 0 Å². The molecule has 0 amide bonds. The average molecular weight is 483 g/mol. The highest BCUT2D eigenvalue weighted by atomic mass is 35.5. The Labute approximate surface area is 201 Å². The maximum absolute atomic E-state index is 6.25. The van der Waals surface area contributed by atoms with Crippen LogP contribution in [0.3, 0.4) is 0 Å². The van der Waals surface area contributed by atoms with Gasteiger partial charge in [-0.05, 0) is 48.4 Å². The molecule has 3 aliphatic rings. The fraction of sp³-hybridized carbons (Fsp3) is 0.333. The lowest BCUT2D eigenvalue weighted by molar-refractivity contribution is 0.306.